The molecule has 2 amide bonds. The molecule has 5 rings (SSSR count). The molecule has 0 spiro atoms. The number of thioether (sulfide) groups is 1. The topological polar surface area (TPSA) is 83.4 Å². The first-order chi connectivity index (χ1) is 17.6. The number of nitrogens with one attached hydrogen (secondary N) is 1. The Bertz CT molecular complexity index is 1290. The highest BCUT2D eigenvalue weighted by Crippen LogP contribution is 2.38. The van der Waals surface area contributed by atoms with Gasteiger partial charge in [-0.15, -0.1) is 0 Å². The average Bonchev–Trinajstić information content (AvgIpc) is 3.50. The van der Waals surface area contributed by atoms with E-state index in [9.17, 15) is 9.59 Å². The van der Waals surface area contributed by atoms with Gasteiger partial charge in [-0.25, -0.2) is 5.01 Å². The fourth-order valence-electron chi connectivity index (χ4n) is 4.21. The van der Waals surface area contributed by atoms with Crippen LogP contribution in [-0.2, 0) is 9.59 Å². The number of ether oxygens (including phenoxy) is 1. The van der Waals surface area contributed by atoms with Gasteiger partial charge in [0, 0.05) is 18.5 Å². The third-order valence-corrected chi connectivity index (χ3v) is 7.09. The number of nitrogens with zero attached hydrogens (tertiary/aromatic N) is 3. The first kappa shape index (κ1) is 23.8. The number of rotatable bonds is 7. The maximum atomic E-state index is 12.8. The molecule has 7 nitrogen and oxygen atoms in total. The van der Waals surface area contributed by atoms with Gasteiger partial charge in [-0.3, -0.25) is 9.59 Å². The Labute approximate surface area is 214 Å². The standard InChI is InChI=1S/C28H26N4O3S/c1-2-35-22-15-13-21(14-16-22)29-26(33)18-25-27(34)30-28(36-25)32-24(20-11-7-4-8-12-20)17-23(31-32)19-9-5-3-6-10-19/h3-16,24-25H,2,17-18H2,1H3,(H,29,33)/t24-,25+/m1/s1. The zero-order valence-electron chi connectivity index (χ0n) is 19.8. The van der Waals surface area contributed by atoms with Crippen LogP contribution in [0, 0.1) is 0 Å². The number of hydrogen-bond donors (Lipinski definition) is 1. The van der Waals surface area contributed by atoms with Gasteiger partial charge in [-0.1, -0.05) is 72.4 Å². The summed E-state index contributed by atoms with van der Waals surface area (Å²) < 4.78 is 5.43. The molecule has 8 heteroatoms. The van der Waals surface area contributed by atoms with E-state index >= 15 is 0 Å². The van der Waals surface area contributed by atoms with Crippen LogP contribution >= 0.6 is 11.8 Å². The van der Waals surface area contributed by atoms with E-state index in [0.717, 1.165) is 22.6 Å². The summed E-state index contributed by atoms with van der Waals surface area (Å²) >= 11 is 1.30. The van der Waals surface area contributed by atoms with Crippen LogP contribution in [0.15, 0.2) is 95.0 Å². The molecule has 0 aliphatic carbocycles. The van der Waals surface area contributed by atoms with Crippen molar-refractivity contribution < 1.29 is 14.3 Å². The summed E-state index contributed by atoms with van der Waals surface area (Å²) in [6.45, 7) is 2.49. The summed E-state index contributed by atoms with van der Waals surface area (Å²) in [5.74, 6) is 0.187. The van der Waals surface area contributed by atoms with Crippen molar-refractivity contribution in [3.63, 3.8) is 0 Å². The molecule has 0 unspecified atom stereocenters. The van der Waals surface area contributed by atoms with Gasteiger partial charge in [-0.05, 0) is 42.3 Å². The second-order valence-electron chi connectivity index (χ2n) is 8.44. The lowest BCUT2D eigenvalue weighted by atomic mass is 9.99. The summed E-state index contributed by atoms with van der Waals surface area (Å²) in [4.78, 5) is 29.7. The van der Waals surface area contributed by atoms with Crippen molar-refractivity contribution in [2.45, 2.75) is 31.1 Å². The largest absolute Gasteiger partial charge is 0.494 e. The number of amidine groups is 1. The summed E-state index contributed by atoms with van der Waals surface area (Å²) in [6.07, 6.45) is 0.730. The zero-order chi connectivity index (χ0) is 24.9. The van der Waals surface area contributed by atoms with Crippen LogP contribution in [0.2, 0.25) is 0 Å². The summed E-state index contributed by atoms with van der Waals surface area (Å²) in [5, 5.41) is 9.50. The monoisotopic (exact) mass is 498 g/mol. The van der Waals surface area contributed by atoms with Gasteiger partial charge in [0.2, 0.25) is 5.91 Å². The Morgan fingerprint density at radius 3 is 2.42 bits per heavy atom. The molecule has 36 heavy (non-hydrogen) atoms. The minimum absolute atomic E-state index is 0.0306. The van der Waals surface area contributed by atoms with Crippen LogP contribution in [0.3, 0.4) is 0 Å². The molecule has 0 radical (unpaired) electrons. The van der Waals surface area contributed by atoms with Gasteiger partial charge in [0.25, 0.3) is 5.91 Å². The fourth-order valence-corrected chi connectivity index (χ4v) is 5.27. The smallest absolute Gasteiger partial charge is 0.262 e. The van der Waals surface area contributed by atoms with Crippen molar-refractivity contribution in [1.82, 2.24) is 5.01 Å². The highest BCUT2D eigenvalue weighted by molar-refractivity contribution is 8.15. The SMILES string of the molecule is CCOc1ccc(NC(=O)C[C@@H]2SC(N3N=C(c4ccccc4)C[C@@H]3c3ccccc3)=NC2=O)cc1. The number of hydrazone groups is 1. The quantitative estimate of drug-likeness (QED) is 0.480. The molecule has 182 valence electrons. The number of carbonyl (C=O) groups is 2. The van der Waals surface area contributed by atoms with Crippen LogP contribution < -0.4 is 10.1 Å². The van der Waals surface area contributed by atoms with Crippen molar-refractivity contribution in [3.05, 3.63) is 96.1 Å². The van der Waals surface area contributed by atoms with Gasteiger partial charge in [0.05, 0.1) is 18.4 Å². The Hall–Kier alpha value is -3.91. The Morgan fingerprint density at radius 1 is 1.03 bits per heavy atom. The van der Waals surface area contributed by atoms with E-state index in [4.69, 9.17) is 9.84 Å². The molecule has 0 aromatic heterocycles. The number of hydrogen-bond acceptors (Lipinski definition) is 6. The number of amides is 2. The molecule has 1 N–H and O–H groups in total. The normalized spacial score (nSPS) is 19.1. The second kappa shape index (κ2) is 10.8. The molecule has 2 aliphatic rings. The van der Waals surface area contributed by atoms with E-state index in [-0.39, 0.29) is 24.3 Å². The third kappa shape index (κ3) is 5.33. The Balaban J connectivity index is 1.29. The van der Waals surface area contributed by atoms with Gasteiger partial charge < -0.3 is 10.1 Å². The van der Waals surface area contributed by atoms with Crippen molar-refractivity contribution in [2.24, 2.45) is 10.1 Å². The summed E-state index contributed by atoms with van der Waals surface area (Å²) in [5.41, 5.74) is 3.74. The molecule has 0 fully saturated rings. The average molecular weight is 499 g/mol. The van der Waals surface area contributed by atoms with E-state index < -0.39 is 5.25 Å². The molecule has 3 aromatic carbocycles. The minimum atomic E-state index is -0.588. The van der Waals surface area contributed by atoms with Gasteiger partial charge in [0.1, 0.15) is 11.0 Å². The first-order valence-corrected chi connectivity index (χ1v) is 12.8. The lowest BCUT2D eigenvalue weighted by molar-refractivity contribution is -0.121. The molecule has 0 saturated heterocycles. The van der Waals surface area contributed by atoms with Gasteiger partial charge >= 0.3 is 0 Å². The first-order valence-electron chi connectivity index (χ1n) is 11.9. The highest BCUT2D eigenvalue weighted by Gasteiger charge is 2.39. The van der Waals surface area contributed by atoms with Crippen molar-refractivity contribution in [2.75, 3.05) is 11.9 Å². The lowest BCUT2D eigenvalue weighted by Crippen LogP contribution is -2.25. The molecular formula is C28H26N4O3S. The molecular weight excluding hydrogens is 472 g/mol. The summed E-state index contributed by atoms with van der Waals surface area (Å²) in [6, 6.07) is 27.2. The maximum Gasteiger partial charge on any atom is 0.262 e. The number of anilines is 1. The number of aliphatic imine (C=N–C) groups is 1. The van der Waals surface area contributed by atoms with Gasteiger partial charge in [-0.2, -0.15) is 10.1 Å². The highest BCUT2D eigenvalue weighted by atomic mass is 32.2. The minimum Gasteiger partial charge on any atom is -0.494 e. The van der Waals surface area contributed by atoms with Crippen molar-refractivity contribution in [1.29, 1.82) is 0 Å². The Morgan fingerprint density at radius 2 is 1.72 bits per heavy atom. The number of carbonyl (C=O) groups excluding carboxylic acids is 2. The second-order valence-corrected chi connectivity index (χ2v) is 9.61. The summed E-state index contributed by atoms with van der Waals surface area (Å²) in [7, 11) is 0. The molecule has 0 saturated carbocycles. The van der Waals surface area contributed by atoms with Crippen LogP contribution in [0.1, 0.15) is 36.9 Å². The number of benzene rings is 3. The molecule has 2 heterocycles. The van der Waals surface area contributed by atoms with Crippen LogP contribution in [0.5, 0.6) is 5.75 Å². The fraction of sp³-hybridized carbons (Fsp3) is 0.214. The van der Waals surface area contributed by atoms with Crippen molar-refractivity contribution in [3.8, 4) is 5.75 Å². The zero-order valence-corrected chi connectivity index (χ0v) is 20.7. The van der Waals surface area contributed by atoms with Gasteiger partial charge in [0.15, 0.2) is 5.17 Å². The molecule has 2 atom stereocenters. The molecule has 2 aliphatic heterocycles. The lowest BCUT2D eigenvalue weighted by Gasteiger charge is -2.23. The predicted octanol–water partition coefficient (Wildman–Crippen LogP) is 5.26. The molecule has 3 aromatic rings. The van der Waals surface area contributed by atoms with E-state index in [2.05, 4.69) is 22.4 Å². The van der Waals surface area contributed by atoms with Crippen molar-refractivity contribution >= 4 is 40.1 Å². The molecule has 0 bridgehead atoms. The van der Waals surface area contributed by atoms with Crippen LogP contribution in [0.25, 0.3) is 0 Å². The van der Waals surface area contributed by atoms with E-state index in [1.54, 1.807) is 24.3 Å². The van der Waals surface area contributed by atoms with Crippen LogP contribution in [0.4, 0.5) is 5.69 Å². The van der Waals surface area contributed by atoms with E-state index in [0.29, 0.717) is 23.9 Å². The van der Waals surface area contributed by atoms with E-state index in [1.807, 2.05) is 60.5 Å². The maximum absolute atomic E-state index is 12.8. The predicted molar refractivity (Wildman–Crippen MR) is 143 cm³/mol. The Kier molecular flexibility index (Phi) is 7.13. The third-order valence-electron chi connectivity index (χ3n) is 5.95. The van der Waals surface area contributed by atoms with Crippen LogP contribution in [-0.4, -0.2) is 39.6 Å². The van der Waals surface area contributed by atoms with E-state index in [1.165, 1.54) is 11.8 Å².